The van der Waals surface area contributed by atoms with Crippen LogP contribution in [0.25, 0.3) is 0 Å². The molecule has 0 amide bonds. The predicted octanol–water partition coefficient (Wildman–Crippen LogP) is -0.227. The molecule has 0 bridgehead atoms. The molecule has 0 aromatic heterocycles. The summed E-state index contributed by atoms with van der Waals surface area (Å²) in [6.07, 6.45) is 1.13. The average molecular weight is 101 g/mol. The Morgan fingerprint density at radius 3 is 2.86 bits per heavy atom. The Kier molecular flexibility index (Phi) is 1.62. The highest BCUT2D eigenvalue weighted by Gasteiger charge is 2.09. The van der Waals surface area contributed by atoms with E-state index in [1.165, 1.54) is 0 Å². The Hall–Kier alpha value is -0.120. The fourth-order valence-electron chi connectivity index (χ4n) is 0.608. The van der Waals surface area contributed by atoms with Gasteiger partial charge in [0, 0.05) is 13.1 Å². The molecule has 0 aromatic carbocycles. The van der Waals surface area contributed by atoms with Gasteiger partial charge < -0.3 is 0 Å². The molecule has 1 rings (SSSR count). The first-order valence-electron chi connectivity index (χ1n) is 2.42. The molecule has 0 unspecified atom stereocenters. The van der Waals surface area contributed by atoms with Crippen LogP contribution in [0, 0.1) is 0 Å². The zero-order chi connectivity index (χ0) is 5.11. The van der Waals surface area contributed by atoms with Crippen LogP contribution in [0.5, 0.6) is 0 Å². The highest BCUT2D eigenvalue weighted by molar-refractivity contribution is 4.50. The van der Waals surface area contributed by atoms with E-state index in [0.29, 0.717) is 0 Å². The molecule has 1 radical (unpaired) electrons. The Morgan fingerprint density at radius 2 is 2.57 bits per heavy atom. The standard InChI is InChI=1S/C4H9N2O/c1-7-6-4-2-3-5-6/h2-4H2,1H3. The van der Waals surface area contributed by atoms with E-state index in [1.54, 1.807) is 12.3 Å². The van der Waals surface area contributed by atoms with Crippen LogP contribution in [0.2, 0.25) is 0 Å². The smallest absolute Gasteiger partial charge is 0.0592 e. The molecule has 3 heteroatoms. The molecular formula is C4H9N2O. The van der Waals surface area contributed by atoms with Gasteiger partial charge in [0.1, 0.15) is 0 Å². The summed E-state index contributed by atoms with van der Waals surface area (Å²) in [7, 11) is 1.63. The largest absolute Gasteiger partial charge is 0.286 e. The number of hydrogen-bond acceptors (Lipinski definition) is 2. The highest BCUT2D eigenvalue weighted by atomic mass is 16.7. The number of rotatable bonds is 1. The Labute approximate surface area is 43.2 Å². The molecule has 0 saturated carbocycles. The summed E-state index contributed by atoms with van der Waals surface area (Å²) in [6, 6.07) is 0. The third-order valence-corrected chi connectivity index (χ3v) is 0.976. The van der Waals surface area contributed by atoms with Gasteiger partial charge in [-0.15, -0.1) is 10.6 Å². The summed E-state index contributed by atoms with van der Waals surface area (Å²) >= 11 is 0. The lowest BCUT2D eigenvalue weighted by atomic mass is 10.5. The maximum absolute atomic E-state index is 4.78. The summed E-state index contributed by atoms with van der Waals surface area (Å²) in [5.74, 6) is 0. The molecule has 7 heavy (non-hydrogen) atoms. The molecule has 1 heterocycles. The molecule has 0 aliphatic carbocycles. The average Bonchev–Trinajstić information content (AvgIpc) is 2.14. The Morgan fingerprint density at radius 1 is 1.71 bits per heavy atom. The molecule has 1 aliphatic rings. The van der Waals surface area contributed by atoms with Crippen molar-refractivity contribution >= 4 is 0 Å². The normalized spacial score (nSPS) is 23.6. The molecule has 1 saturated heterocycles. The van der Waals surface area contributed by atoms with Crippen LogP contribution in [0.15, 0.2) is 0 Å². The molecule has 41 valence electrons. The summed E-state index contributed by atoms with van der Waals surface area (Å²) in [6.45, 7) is 1.88. The zero-order valence-electron chi connectivity index (χ0n) is 4.42. The lowest BCUT2D eigenvalue weighted by molar-refractivity contribution is -0.152. The second-order valence-electron chi connectivity index (χ2n) is 1.48. The molecule has 0 spiro atoms. The monoisotopic (exact) mass is 101 g/mol. The maximum atomic E-state index is 4.78. The Bertz CT molecular complexity index is 51.7. The number of hydroxylamine groups is 1. The van der Waals surface area contributed by atoms with Crippen molar-refractivity contribution in [3.63, 3.8) is 0 Å². The first-order chi connectivity index (χ1) is 3.43. The van der Waals surface area contributed by atoms with Gasteiger partial charge in [-0.1, -0.05) is 0 Å². The first kappa shape index (κ1) is 5.03. The second kappa shape index (κ2) is 2.26. The summed E-state index contributed by atoms with van der Waals surface area (Å²) in [5, 5.41) is 1.61. The Balaban J connectivity index is 2.14. The van der Waals surface area contributed by atoms with Gasteiger partial charge >= 0.3 is 0 Å². The summed E-state index contributed by atoms with van der Waals surface area (Å²) in [4.78, 5) is 4.78. The van der Waals surface area contributed by atoms with Gasteiger partial charge in [-0.05, 0) is 6.42 Å². The lowest BCUT2D eigenvalue weighted by Gasteiger charge is -2.06. The van der Waals surface area contributed by atoms with E-state index in [4.69, 9.17) is 4.84 Å². The third-order valence-electron chi connectivity index (χ3n) is 0.976. The molecule has 0 atom stereocenters. The molecule has 0 aromatic rings. The van der Waals surface area contributed by atoms with E-state index in [2.05, 4.69) is 5.43 Å². The van der Waals surface area contributed by atoms with E-state index in [9.17, 15) is 0 Å². The van der Waals surface area contributed by atoms with Crippen molar-refractivity contribution in [3.8, 4) is 0 Å². The van der Waals surface area contributed by atoms with Crippen LogP contribution in [-0.2, 0) is 4.84 Å². The van der Waals surface area contributed by atoms with Crippen molar-refractivity contribution < 1.29 is 4.84 Å². The van der Waals surface area contributed by atoms with Crippen LogP contribution in [0.4, 0.5) is 0 Å². The lowest BCUT2D eigenvalue weighted by Crippen LogP contribution is -2.22. The SMILES string of the molecule is CON1CCC[N]1. The van der Waals surface area contributed by atoms with Crippen molar-refractivity contribution in [3.05, 3.63) is 0 Å². The third kappa shape index (κ3) is 1.12. The number of hydrogen-bond donors (Lipinski definition) is 0. The molecule has 0 N–H and O–H groups in total. The van der Waals surface area contributed by atoms with Crippen molar-refractivity contribution in [2.45, 2.75) is 6.42 Å². The van der Waals surface area contributed by atoms with Crippen LogP contribution in [0.3, 0.4) is 0 Å². The van der Waals surface area contributed by atoms with E-state index < -0.39 is 0 Å². The van der Waals surface area contributed by atoms with E-state index in [0.717, 1.165) is 19.5 Å². The maximum Gasteiger partial charge on any atom is 0.0592 e. The second-order valence-corrected chi connectivity index (χ2v) is 1.48. The zero-order valence-corrected chi connectivity index (χ0v) is 4.42. The van der Waals surface area contributed by atoms with Crippen molar-refractivity contribution in [1.29, 1.82) is 0 Å². The van der Waals surface area contributed by atoms with E-state index >= 15 is 0 Å². The van der Waals surface area contributed by atoms with Crippen molar-refractivity contribution in [2.75, 3.05) is 20.2 Å². The van der Waals surface area contributed by atoms with Gasteiger partial charge in [0.25, 0.3) is 0 Å². The van der Waals surface area contributed by atoms with Gasteiger partial charge in [0.15, 0.2) is 0 Å². The summed E-state index contributed by atoms with van der Waals surface area (Å²) in [5.41, 5.74) is 3.97. The molecule has 1 aliphatic heterocycles. The fourth-order valence-corrected chi connectivity index (χ4v) is 0.608. The topological polar surface area (TPSA) is 26.6 Å². The minimum atomic E-state index is 0.924. The van der Waals surface area contributed by atoms with Crippen LogP contribution in [0.1, 0.15) is 6.42 Å². The van der Waals surface area contributed by atoms with Crippen LogP contribution >= 0.6 is 0 Å². The summed E-state index contributed by atoms with van der Waals surface area (Å²) < 4.78 is 0. The van der Waals surface area contributed by atoms with Gasteiger partial charge in [0.05, 0.1) is 7.11 Å². The predicted molar refractivity (Wildman–Crippen MR) is 25.3 cm³/mol. The first-order valence-corrected chi connectivity index (χ1v) is 2.42. The fraction of sp³-hybridized carbons (Fsp3) is 1.00. The highest BCUT2D eigenvalue weighted by Crippen LogP contribution is 1.95. The quantitative estimate of drug-likeness (QED) is 0.456. The van der Waals surface area contributed by atoms with Crippen LogP contribution in [-0.4, -0.2) is 25.4 Å². The molecule has 3 nitrogen and oxygen atoms in total. The van der Waals surface area contributed by atoms with Gasteiger partial charge in [-0.3, -0.25) is 4.84 Å². The van der Waals surface area contributed by atoms with Crippen LogP contribution < -0.4 is 5.43 Å². The van der Waals surface area contributed by atoms with E-state index in [1.807, 2.05) is 0 Å². The minimum absolute atomic E-state index is 0.924. The van der Waals surface area contributed by atoms with Gasteiger partial charge in [0.2, 0.25) is 0 Å². The minimum Gasteiger partial charge on any atom is -0.286 e. The van der Waals surface area contributed by atoms with Gasteiger partial charge in [-0.25, -0.2) is 0 Å². The molecular weight excluding hydrogens is 92.1 g/mol. The van der Waals surface area contributed by atoms with E-state index in [-0.39, 0.29) is 0 Å². The van der Waals surface area contributed by atoms with Crippen molar-refractivity contribution in [2.24, 2.45) is 0 Å². The van der Waals surface area contributed by atoms with Crippen molar-refractivity contribution in [1.82, 2.24) is 10.6 Å². The van der Waals surface area contributed by atoms with Gasteiger partial charge in [-0.2, -0.15) is 0 Å². The molecule has 1 fully saturated rings. The number of nitrogens with zero attached hydrogens (tertiary/aromatic N) is 2.